The first kappa shape index (κ1) is 15.7. The molecule has 128 valence electrons. The highest BCUT2D eigenvalue weighted by molar-refractivity contribution is 5.34. The van der Waals surface area contributed by atoms with Crippen molar-refractivity contribution < 1.29 is 9.84 Å². The molecule has 0 heterocycles. The number of allylic oxidation sites excluding steroid dienone is 3. The summed E-state index contributed by atoms with van der Waals surface area (Å²) in [7, 11) is 1.81. The van der Waals surface area contributed by atoms with Gasteiger partial charge in [0.15, 0.2) is 0 Å². The van der Waals surface area contributed by atoms with Crippen LogP contribution in [0.4, 0.5) is 0 Å². The molecule has 0 amide bonds. The zero-order chi connectivity index (χ0) is 16.2. The Morgan fingerprint density at radius 3 is 2.83 bits per heavy atom. The largest absolute Gasteiger partial charge is 0.501 e. The average Bonchev–Trinajstić information content (AvgIpc) is 2.92. The van der Waals surface area contributed by atoms with Crippen molar-refractivity contribution in [2.24, 2.45) is 29.1 Å². The van der Waals surface area contributed by atoms with Crippen molar-refractivity contribution in [2.75, 3.05) is 7.11 Å². The van der Waals surface area contributed by atoms with E-state index in [2.05, 4.69) is 19.9 Å². The Balaban J connectivity index is 1.66. The molecule has 0 spiro atoms. The highest BCUT2D eigenvalue weighted by atomic mass is 16.5. The van der Waals surface area contributed by atoms with Crippen LogP contribution in [0, 0.1) is 29.1 Å². The van der Waals surface area contributed by atoms with Crippen LogP contribution in [0.1, 0.15) is 65.2 Å². The summed E-state index contributed by atoms with van der Waals surface area (Å²) in [6.07, 6.45) is 11.8. The molecular weight excluding hydrogens is 284 g/mol. The monoisotopic (exact) mass is 316 g/mol. The zero-order valence-corrected chi connectivity index (χ0v) is 15.0. The molecule has 0 bridgehead atoms. The van der Waals surface area contributed by atoms with Crippen molar-refractivity contribution in [3.05, 3.63) is 23.0 Å². The van der Waals surface area contributed by atoms with Crippen molar-refractivity contribution in [2.45, 2.75) is 71.3 Å². The van der Waals surface area contributed by atoms with E-state index in [-0.39, 0.29) is 11.5 Å². The molecule has 0 aromatic heterocycles. The summed E-state index contributed by atoms with van der Waals surface area (Å²) < 4.78 is 5.54. The van der Waals surface area contributed by atoms with Crippen molar-refractivity contribution in [1.29, 1.82) is 0 Å². The summed E-state index contributed by atoms with van der Waals surface area (Å²) in [5, 5.41) is 10.7. The molecule has 0 aromatic carbocycles. The molecule has 4 rings (SSSR count). The first-order valence-electron chi connectivity index (χ1n) is 9.73. The van der Waals surface area contributed by atoms with Gasteiger partial charge in [0.05, 0.1) is 19.0 Å². The SMILES string of the molecule is CCC12CC[C@@H]3C4=C(CC(OC)=CC4)C(C)C[C@H]3[C@@H]1CC[C@@H]2O. The first-order valence-corrected chi connectivity index (χ1v) is 9.73. The molecule has 2 heteroatoms. The van der Waals surface area contributed by atoms with Crippen LogP contribution in [0.2, 0.25) is 0 Å². The fourth-order valence-corrected chi connectivity index (χ4v) is 6.82. The smallest absolute Gasteiger partial charge is 0.0959 e. The minimum absolute atomic E-state index is 0.0459. The van der Waals surface area contributed by atoms with Crippen LogP contribution < -0.4 is 0 Å². The summed E-state index contributed by atoms with van der Waals surface area (Å²) in [5.41, 5.74) is 3.68. The summed E-state index contributed by atoms with van der Waals surface area (Å²) in [4.78, 5) is 0. The molecule has 0 aliphatic heterocycles. The van der Waals surface area contributed by atoms with Crippen LogP contribution in [0.15, 0.2) is 23.0 Å². The molecule has 2 nitrogen and oxygen atoms in total. The van der Waals surface area contributed by atoms with E-state index >= 15 is 0 Å². The van der Waals surface area contributed by atoms with Crippen LogP contribution in [0.3, 0.4) is 0 Å². The molecule has 0 saturated heterocycles. The molecule has 2 fully saturated rings. The minimum Gasteiger partial charge on any atom is -0.501 e. The zero-order valence-electron chi connectivity index (χ0n) is 15.0. The molecule has 23 heavy (non-hydrogen) atoms. The second kappa shape index (κ2) is 5.65. The Hall–Kier alpha value is -0.760. The number of rotatable bonds is 2. The van der Waals surface area contributed by atoms with Gasteiger partial charge in [-0.2, -0.15) is 0 Å². The molecule has 0 radical (unpaired) electrons. The van der Waals surface area contributed by atoms with Gasteiger partial charge in [-0.1, -0.05) is 25.0 Å². The van der Waals surface area contributed by atoms with Gasteiger partial charge in [0.25, 0.3) is 0 Å². The lowest BCUT2D eigenvalue weighted by molar-refractivity contribution is -0.0507. The van der Waals surface area contributed by atoms with Crippen molar-refractivity contribution in [3.8, 4) is 0 Å². The van der Waals surface area contributed by atoms with Crippen molar-refractivity contribution in [3.63, 3.8) is 0 Å². The maximum atomic E-state index is 10.7. The van der Waals surface area contributed by atoms with E-state index in [0.29, 0.717) is 5.92 Å². The molecule has 2 unspecified atom stereocenters. The number of aliphatic hydroxyl groups is 1. The predicted octanol–water partition coefficient (Wildman–Crippen LogP) is 4.84. The third-order valence-electron chi connectivity index (χ3n) is 8.02. The molecular formula is C21H32O2. The third-order valence-corrected chi connectivity index (χ3v) is 8.02. The van der Waals surface area contributed by atoms with E-state index in [1.54, 1.807) is 11.1 Å². The first-order chi connectivity index (χ1) is 11.1. The van der Waals surface area contributed by atoms with Gasteiger partial charge in [0.2, 0.25) is 0 Å². The standard InChI is InChI=1S/C21H32O2/c1-4-21-10-9-16-15-6-5-14(23-3)12-17(15)13(2)11-18(16)19(21)7-8-20(21)22/h5,13,16,18-20,22H,4,6-12H2,1-3H3/t13?,16-,18-,19+,20+,21?/m1/s1. The van der Waals surface area contributed by atoms with Crippen LogP contribution in [0.5, 0.6) is 0 Å². The van der Waals surface area contributed by atoms with Gasteiger partial charge in [-0.15, -0.1) is 0 Å². The maximum Gasteiger partial charge on any atom is 0.0959 e. The number of aliphatic hydroxyl groups excluding tert-OH is 1. The second-order valence-electron chi connectivity index (χ2n) is 8.54. The lowest BCUT2D eigenvalue weighted by atomic mass is 9.52. The molecule has 4 aliphatic rings. The van der Waals surface area contributed by atoms with Crippen molar-refractivity contribution >= 4 is 0 Å². The van der Waals surface area contributed by atoms with E-state index in [9.17, 15) is 5.11 Å². The molecule has 1 N–H and O–H groups in total. The number of fused-ring (bicyclic) bond motifs is 4. The summed E-state index contributed by atoms with van der Waals surface area (Å²) in [6.45, 7) is 4.74. The second-order valence-corrected chi connectivity index (χ2v) is 8.54. The Morgan fingerprint density at radius 1 is 1.26 bits per heavy atom. The number of methoxy groups -OCH3 is 1. The van der Waals surface area contributed by atoms with E-state index in [4.69, 9.17) is 4.74 Å². The Labute approximate surface area is 141 Å². The summed E-state index contributed by atoms with van der Waals surface area (Å²) >= 11 is 0. The van der Waals surface area contributed by atoms with Gasteiger partial charge < -0.3 is 9.84 Å². The molecule has 4 aliphatic carbocycles. The summed E-state index contributed by atoms with van der Waals surface area (Å²) in [6, 6.07) is 0. The normalized spacial score (nSPS) is 45.9. The van der Waals surface area contributed by atoms with Gasteiger partial charge in [0, 0.05) is 6.42 Å². The number of ether oxygens (including phenoxy) is 1. The maximum absolute atomic E-state index is 10.7. The van der Waals surface area contributed by atoms with Gasteiger partial charge in [-0.3, -0.25) is 0 Å². The predicted molar refractivity (Wildman–Crippen MR) is 92.8 cm³/mol. The van der Waals surface area contributed by atoms with Gasteiger partial charge in [0.1, 0.15) is 0 Å². The average molecular weight is 316 g/mol. The highest BCUT2D eigenvalue weighted by Crippen LogP contribution is 2.63. The Morgan fingerprint density at radius 2 is 2.09 bits per heavy atom. The highest BCUT2D eigenvalue weighted by Gasteiger charge is 2.56. The van der Waals surface area contributed by atoms with E-state index in [0.717, 1.165) is 43.4 Å². The number of hydrogen-bond donors (Lipinski definition) is 1. The fourth-order valence-electron chi connectivity index (χ4n) is 6.82. The van der Waals surface area contributed by atoms with Gasteiger partial charge in [-0.25, -0.2) is 0 Å². The van der Waals surface area contributed by atoms with Crippen LogP contribution in [0.25, 0.3) is 0 Å². The lowest BCUT2D eigenvalue weighted by Gasteiger charge is -2.53. The van der Waals surface area contributed by atoms with Gasteiger partial charge >= 0.3 is 0 Å². The minimum atomic E-state index is -0.0459. The van der Waals surface area contributed by atoms with Crippen LogP contribution >= 0.6 is 0 Å². The summed E-state index contributed by atoms with van der Waals surface area (Å²) in [5.74, 6) is 4.21. The fraction of sp³-hybridized carbons (Fsp3) is 0.810. The third kappa shape index (κ3) is 2.17. The molecule has 6 atom stereocenters. The Kier molecular flexibility index (Phi) is 3.87. The van der Waals surface area contributed by atoms with E-state index < -0.39 is 0 Å². The molecule has 0 aromatic rings. The van der Waals surface area contributed by atoms with Crippen LogP contribution in [-0.2, 0) is 4.74 Å². The molecule has 2 saturated carbocycles. The van der Waals surface area contributed by atoms with E-state index in [1.165, 1.54) is 31.4 Å². The van der Waals surface area contributed by atoms with Crippen LogP contribution in [-0.4, -0.2) is 18.3 Å². The van der Waals surface area contributed by atoms with Crippen molar-refractivity contribution in [1.82, 2.24) is 0 Å². The number of hydrogen-bond acceptors (Lipinski definition) is 2. The van der Waals surface area contributed by atoms with E-state index in [1.807, 2.05) is 7.11 Å². The van der Waals surface area contributed by atoms with Gasteiger partial charge in [-0.05, 0) is 80.1 Å². The quantitative estimate of drug-likeness (QED) is 0.739. The lowest BCUT2D eigenvalue weighted by Crippen LogP contribution is -2.47. The Bertz CT molecular complexity index is 546. The topological polar surface area (TPSA) is 29.5 Å².